The van der Waals surface area contributed by atoms with E-state index in [1.807, 2.05) is 42.6 Å². The van der Waals surface area contributed by atoms with Gasteiger partial charge in [0.15, 0.2) is 5.82 Å². The van der Waals surface area contributed by atoms with E-state index in [0.29, 0.717) is 16.7 Å². The molecule has 0 aliphatic rings. The normalized spacial score (nSPS) is 12.1. The van der Waals surface area contributed by atoms with Crippen LogP contribution in [0, 0.1) is 0 Å². The number of hydrogen-bond acceptors (Lipinski definition) is 6. The second-order valence-electron chi connectivity index (χ2n) is 4.92. The van der Waals surface area contributed by atoms with Crippen LogP contribution < -0.4 is 10.6 Å². The summed E-state index contributed by atoms with van der Waals surface area (Å²) in [6.45, 7) is 2.08. The van der Waals surface area contributed by atoms with Gasteiger partial charge in [0.1, 0.15) is 5.75 Å². The van der Waals surface area contributed by atoms with Crippen molar-refractivity contribution in [3.63, 3.8) is 0 Å². The lowest BCUT2D eigenvalue weighted by molar-refractivity contribution is 0.416. The van der Waals surface area contributed by atoms with E-state index in [2.05, 4.69) is 22.1 Å². The number of nitrogens with two attached hydrogens (primary N) is 1. The molecule has 0 aliphatic carbocycles. The van der Waals surface area contributed by atoms with Gasteiger partial charge in [0.25, 0.3) is 0 Å². The summed E-state index contributed by atoms with van der Waals surface area (Å²) >= 11 is 1.54. The Labute approximate surface area is 138 Å². The number of pyridine rings is 1. The third-order valence-electron chi connectivity index (χ3n) is 3.45. The van der Waals surface area contributed by atoms with E-state index >= 15 is 0 Å². The largest absolute Gasteiger partial charge is 0.496 e. The molecule has 23 heavy (non-hydrogen) atoms. The van der Waals surface area contributed by atoms with Gasteiger partial charge in [-0.1, -0.05) is 30.0 Å². The predicted octanol–water partition coefficient (Wildman–Crippen LogP) is 2.92. The summed E-state index contributed by atoms with van der Waals surface area (Å²) in [6, 6.07) is 11.5. The second kappa shape index (κ2) is 6.70. The Morgan fingerprint density at radius 2 is 2.00 bits per heavy atom. The van der Waals surface area contributed by atoms with Gasteiger partial charge in [-0.25, -0.2) is 4.68 Å². The van der Waals surface area contributed by atoms with Crippen molar-refractivity contribution in [1.82, 2.24) is 19.9 Å². The molecule has 2 aromatic heterocycles. The van der Waals surface area contributed by atoms with Crippen LogP contribution in [0.15, 0.2) is 53.9 Å². The van der Waals surface area contributed by atoms with Crippen LogP contribution in [0.5, 0.6) is 5.75 Å². The Morgan fingerprint density at radius 3 is 2.74 bits per heavy atom. The van der Waals surface area contributed by atoms with E-state index < -0.39 is 0 Å². The number of ether oxygens (including phenoxy) is 1. The third-order valence-corrected chi connectivity index (χ3v) is 4.56. The van der Waals surface area contributed by atoms with Crippen LogP contribution in [0.4, 0.5) is 0 Å². The first-order valence-corrected chi connectivity index (χ1v) is 7.99. The van der Waals surface area contributed by atoms with Gasteiger partial charge in [-0.15, -0.1) is 10.2 Å². The molecule has 118 valence electrons. The third kappa shape index (κ3) is 3.14. The van der Waals surface area contributed by atoms with E-state index in [1.165, 1.54) is 16.4 Å². The van der Waals surface area contributed by atoms with Crippen molar-refractivity contribution in [2.75, 3.05) is 13.0 Å². The Kier molecular flexibility index (Phi) is 4.47. The molecular formula is C16H17N5OS. The SMILES string of the molecule is COc1ccccc1-c1nnc(SC(C)c2cccnc2)n1N. The van der Waals surface area contributed by atoms with Crippen molar-refractivity contribution < 1.29 is 4.74 Å². The highest BCUT2D eigenvalue weighted by molar-refractivity contribution is 7.99. The standard InChI is InChI=1S/C16H17N5OS/c1-11(12-6-5-9-18-10-12)23-16-20-19-15(21(16)17)13-7-3-4-8-14(13)22-2/h3-11H,17H2,1-2H3. The number of methoxy groups -OCH3 is 1. The van der Waals surface area contributed by atoms with Crippen LogP contribution in [0.3, 0.4) is 0 Å². The number of nitrogens with zero attached hydrogens (tertiary/aromatic N) is 4. The maximum absolute atomic E-state index is 6.18. The Bertz CT molecular complexity index is 790. The fourth-order valence-electron chi connectivity index (χ4n) is 2.21. The number of aromatic nitrogens is 4. The Hall–Kier alpha value is -2.54. The first-order chi connectivity index (χ1) is 11.2. The van der Waals surface area contributed by atoms with Crippen LogP contribution >= 0.6 is 11.8 Å². The van der Waals surface area contributed by atoms with E-state index in [1.54, 1.807) is 13.3 Å². The first kappa shape index (κ1) is 15.4. The molecule has 1 atom stereocenters. The summed E-state index contributed by atoms with van der Waals surface area (Å²) < 4.78 is 6.86. The summed E-state index contributed by atoms with van der Waals surface area (Å²) in [5.41, 5.74) is 1.92. The molecule has 0 amide bonds. The van der Waals surface area contributed by atoms with Gasteiger partial charge >= 0.3 is 0 Å². The minimum atomic E-state index is 0.167. The molecule has 0 saturated carbocycles. The maximum atomic E-state index is 6.18. The summed E-state index contributed by atoms with van der Waals surface area (Å²) in [5, 5.41) is 9.23. The molecular weight excluding hydrogens is 310 g/mol. The van der Waals surface area contributed by atoms with Gasteiger partial charge in [0, 0.05) is 17.6 Å². The molecule has 2 heterocycles. The number of benzene rings is 1. The van der Waals surface area contributed by atoms with Crippen molar-refractivity contribution in [3.05, 3.63) is 54.4 Å². The average Bonchev–Trinajstić information content (AvgIpc) is 2.96. The molecule has 6 nitrogen and oxygen atoms in total. The molecule has 1 unspecified atom stereocenters. The molecule has 1 aromatic carbocycles. The topological polar surface area (TPSA) is 78.9 Å². The van der Waals surface area contributed by atoms with E-state index in [0.717, 1.165) is 11.1 Å². The van der Waals surface area contributed by atoms with Crippen LogP contribution in [-0.2, 0) is 0 Å². The van der Waals surface area contributed by atoms with Crippen molar-refractivity contribution in [1.29, 1.82) is 0 Å². The Balaban J connectivity index is 1.88. The Morgan fingerprint density at radius 1 is 1.17 bits per heavy atom. The highest BCUT2D eigenvalue weighted by Gasteiger charge is 2.18. The average molecular weight is 327 g/mol. The molecule has 0 saturated heterocycles. The second-order valence-corrected chi connectivity index (χ2v) is 6.23. The van der Waals surface area contributed by atoms with Crippen LogP contribution in [0.1, 0.15) is 17.7 Å². The number of nitrogen functional groups attached to an aromatic ring is 1. The van der Waals surface area contributed by atoms with Gasteiger partial charge in [0.2, 0.25) is 5.16 Å². The maximum Gasteiger partial charge on any atom is 0.210 e. The van der Waals surface area contributed by atoms with Gasteiger partial charge < -0.3 is 10.6 Å². The zero-order valence-electron chi connectivity index (χ0n) is 12.9. The summed E-state index contributed by atoms with van der Waals surface area (Å²) in [4.78, 5) is 4.14. The summed E-state index contributed by atoms with van der Waals surface area (Å²) in [5.74, 6) is 7.47. The predicted molar refractivity (Wildman–Crippen MR) is 90.7 cm³/mol. The lowest BCUT2D eigenvalue weighted by Gasteiger charge is -2.11. The zero-order chi connectivity index (χ0) is 16.2. The van der Waals surface area contributed by atoms with Gasteiger partial charge in [-0.3, -0.25) is 4.98 Å². The van der Waals surface area contributed by atoms with Gasteiger partial charge in [0.05, 0.1) is 12.7 Å². The molecule has 7 heteroatoms. The summed E-state index contributed by atoms with van der Waals surface area (Å²) in [7, 11) is 1.62. The van der Waals surface area contributed by atoms with Crippen LogP contribution in [0.25, 0.3) is 11.4 Å². The molecule has 2 N–H and O–H groups in total. The van der Waals surface area contributed by atoms with E-state index in [-0.39, 0.29) is 5.25 Å². The van der Waals surface area contributed by atoms with Crippen molar-refractivity contribution in [3.8, 4) is 17.1 Å². The van der Waals surface area contributed by atoms with Crippen molar-refractivity contribution >= 4 is 11.8 Å². The number of hydrogen-bond donors (Lipinski definition) is 1. The van der Waals surface area contributed by atoms with Crippen LogP contribution in [-0.4, -0.2) is 27.0 Å². The number of thioether (sulfide) groups is 1. The fourth-order valence-corrected chi connectivity index (χ4v) is 3.09. The van der Waals surface area contributed by atoms with Gasteiger partial charge in [-0.05, 0) is 30.7 Å². The zero-order valence-corrected chi connectivity index (χ0v) is 13.7. The molecule has 3 rings (SSSR count). The molecule has 0 fully saturated rings. The molecule has 0 aliphatic heterocycles. The highest BCUT2D eigenvalue weighted by Crippen LogP contribution is 2.35. The van der Waals surface area contributed by atoms with Crippen molar-refractivity contribution in [2.24, 2.45) is 0 Å². The number of para-hydroxylation sites is 1. The van der Waals surface area contributed by atoms with E-state index in [9.17, 15) is 0 Å². The van der Waals surface area contributed by atoms with Gasteiger partial charge in [-0.2, -0.15) is 0 Å². The number of rotatable bonds is 5. The quantitative estimate of drug-likeness (QED) is 0.573. The summed E-state index contributed by atoms with van der Waals surface area (Å²) in [6.07, 6.45) is 3.60. The smallest absolute Gasteiger partial charge is 0.210 e. The van der Waals surface area contributed by atoms with Crippen LogP contribution in [0.2, 0.25) is 0 Å². The molecule has 0 radical (unpaired) electrons. The van der Waals surface area contributed by atoms with E-state index in [4.69, 9.17) is 10.6 Å². The lowest BCUT2D eigenvalue weighted by Crippen LogP contribution is -2.12. The molecule has 0 bridgehead atoms. The molecule has 3 aromatic rings. The first-order valence-electron chi connectivity index (χ1n) is 7.11. The minimum absolute atomic E-state index is 0.167. The minimum Gasteiger partial charge on any atom is -0.496 e. The lowest BCUT2D eigenvalue weighted by atomic mass is 10.2. The van der Waals surface area contributed by atoms with Crippen molar-refractivity contribution in [2.45, 2.75) is 17.3 Å². The monoisotopic (exact) mass is 327 g/mol. The highest BCUT2D eigenvalue weighted by atomic mass is 32.2. The fraction of sp³-hybridized carbons (Fsp3) is 0.188. The molecule has 0 spiro atoms.